The van der Waals surface area contributed by atoms with Crippen LogP contribution >= 0.6 is 0 Å². The van der Waals surface area contributed by atoms with Crippen molar-refractivity contribution in [2.24, 2.45) is 5.73 Å². The molecule has 0 radical (unpaired) electrons. The minimum absolute atomic E-state index is 0.0187. The largest absolute Gasteiger partial charge is 0.383 e. The number of rotatable bonds is 2. The van der Waals surface area contributed by atoms with Gasteiger partial charge >= 0.3 is 11.4 Å². The van der Waals surface area contributed by atoms with Crippen molar-refractivity contribution < 1.29 is 0 Å². The summed E-state index contributed by atoms with van der Waals surface area (Å²) in [6.07, 6.45) is 0. The fourth-order valence-corrected chi connectivity index (χ4v) is 3.25. The maximum atomic E-state index is 13.1. The summed E-state index contributed by atoms with van der Waals surface area (Å²) in [7, 11) is 0. The summed E-state index contributed by atoms with van der Waals surface area (Å²) in [5.74, 6) is -0.0187. The van der Waals surface area contributed by atoms with Gasteiger partial charge in [-0.1, -0.05) is 48.0 Å². The predicted molar refractivity (Wildman–Crippen MR) is 96.6 cm³/mol. The summed E-state index contributed by atoms with van der Waals surface area (Å²) in [4.78, 5) is 25.9. The SMILES string of the molecule is Cc1ccc(C2C(C#N)=C(N)n3c(=O)n(-c4ccccc4)c(=O)n32)cc1. The number of benzene rings is 2. The molecule has 7 nitrogen and oxygen atoms in total. The Morgan fingerprint density at radius 1 is 1.00 bits per heavy atom. The van der Waals surface area contributed by atoms with Crippen LogP contribution in [0.2, 0.25) is 0 Å². The average Bonchev–Trinajstić information content (AvgIpc) is 3.09. The van der Waals surface area contributed by atoms with Gasteiger partial charge in [-0.05, 0) is 24.6 Å². The zero-order valence-electron chi connectivity index (χ0n) is 14.0. The lowest BCUT2D eigenvalue weighted by molar-refractivity contribution is 0.554. The van der Waals surface area contributed by atoms with Gasteiger partial charge in [-0.25, -0.2) is 18.8 Å². The van der Waals surface area contributed by atoms with Gasteiger partial charge in [-0.2, -0.15) is 9.94 Å². The highest BCUT2D eigenvalue weighted by molar-refractivity contribution is 5.60. The minimum Gasteiger partial charge on any atom is -0.383 e. The van der Waals surface area contributed by atoms with E-state index in [-0.39, 0.29) is 11.4 Å². The van der Waals surface area contributed by atoms with E-state index in [1.807, 2.05) is 37.3 Å². The molecule has 0 bridgehead atoms. The van der Waals surface area contributed by atoms with Crippen LogP contribution in [-0.2, 0) is 0 Å². The molecular formula is C19H15N5O2. The molecule has 26 heavy (non-hydrogen) atoms. The molecule has 0 aliphatic carbocycles. The van der Waals surface area contributed by atoms with Crippen LogP contribution in [0.3, 0.4) is 0 Å². The van der Waals surface area contributed by atoms with Crippen LogP contribution in [-0.4, -0.2) is 13.9 Å². The van der Waals surface area contributed by atoms with Crippen molar-refractivity contribution in [3.63, 3.8) is 0 Å². The van der Waals surface area contributed by atoms with Gasteiger partial charge in [0.15, 0.2) is 0 Å². The predicted octanol–water partition coefficient (Wildman–Crippen LogP) is 1.36. The maximum Gasteiger partial charge on any atom is 0.358 e. The molecule has 0 fully saturated rings. The van der Waals surface area contributed by atoms with Gasteiger partial charge in [-0.3, -0.25) is 0 Å². The van der Waals surface area contributed by atoms with Crippen molar-refractivity contribution in [2.75, 3.05) is 0 Å². The molecule has 7 heteroatoms. The lowest BCUT2D eigenvalue weighted by Gasteiger charge is -2.12. The van der Waals surface area contributed by atoms with Gasteiger partial charge in [0, 0.05) is 0 Å². The van der Waals surface area contributed by atoms with Crippen molar-refractivity contribution in [3.05, 3.63) is 92.3 Å². The lowest BCUT2D eigenvalue weighted by Crippen LogP contribution is -2.30. The first-order chi connectivity index (χ1) is 12.5. The van der Waals surface area contributed by atoms with Crippen LogP contribution in [0.4, 0.5) is 0 Å². The van der Waals surface area contributed by atoms with Gasteiger partial charge in [0.2, 0.25) is 0 Å². The molecule has 2 heterocycles. The molecule has 1 atom stereocenters. The van der Waals surface area contributed by atoms with E-state index in [0.717, 1.165) is 14.8 Å². The van der Waals surface area contributed by atoms with Crippen LogP contribution < -0.4 is 17.1 Å². The number of nitrogens with two attached hydrogens (primary N) is 1. The van der Waals surface area contributed by atoms with Crippen molar-refractivity contribution in [3.8, 4) is 11.8 Å². The van der Waals surface area contributed by atoms with Gasteiger partial charge < -0.3 is 5.73 Å². The Bertz CT molecular complexity index is 1190. The minimum atomic E-state index is -0.731. The maximum absolute atomic E-state index is 13.1. The molecule has 0 spiro atoms. The Hall–Kier alpha value is -3.79. The first-order valence-electron chi connectivity index (χ1n) is 8.03. The zero-order chi connectivity index (χ0) is 18.4. The number of nitriles is 1. The van der Waals surface area contributed by atoms with Gasteiger partial charge in [-0.15, -0.1) is 0 Å². The molecule has 0 amide bonds. The molecule has 0 saturated carbocycles. The van der Waals surface area contributed by atoms with Crippen LogP contribution in [0.1, 0.15) is 17.2 Å². The summed E-state index contributed by atoms with van der Waals surface area (Å²) >= 11 is 0. The van der Waals surface area contributed by atoms with E-state index in [2.05, 4.69) is 0 Å². The molecule has 0 saturated heterocycles. The lowest BCUT2D eigenvalue weighted by atomic mass is 9.99. The summed E-state index contributed by atoms with van der Waals surface area (Å²) in [6.45, 7) is 1.95. The third-order valence-corrected chi connectivity index (χ3v) is 4.53. The van der Waals surface area contributed by atoms with Gasteiger partial charge in [0.05, 0.1) is 5.69 Å². The summed E-state index contributed by atoms with van der Waals surface area (Å²) in [6, 6.07) is 17.4. The first-order valence-corrected chi connectivity index (χ1v) is 8.03. The fraction of sp³-hybridized carbons (Fsp3) is 0.105. The first kappa shape index (κ1) is 15.7. The molecule has 1 unspecified atom stereocenters. The molecular weight excluding hydrogens is 330 g/mol. The number of fused-ring (bicyclic) bond motifs is 1. The normalized spacial score (nSPS) is 15.8. The van der Waals surface area contributed by atoms with E-state index in [9.17, 15) is 14.9 Å². The Labute approximate surface area is 148 Å². The molecule has 1 aliphatic rings. The quantitative estimate of drug-likeness (QED) is 0.758. The van der Waals surface area contributed by atoms with Crippen LogP contribution in [0.25, 0.3) is 11.5 Å². The Morgan fingerprint density at radius 3 is 2.27 bits per heavy atom. The number of nitrogens with zero attached hydrogens (tertiary/aromatic N) is 4. The summed E-state index contributed by atoms with van der Waals surface area (Å²) in [5, 5.41) is 9.56. The second kappa shape index (κ2) is 5.63. The average molecular weight is 345 g/mol. The van der Waals surface area contributed by atoms with E-state index < -0.39 is 17.4 Å². The van der Waals surface area contributed by atoms with Crippen LogP contribution in [0.5, 0.6) is 0 Å². The summed E-state index contributed by atoms with van der Waals surface area (Å²) < 4.78 is 3.38. The van der Waals surface area contributed by atoms with Crippen molar-refractivity contribution in [2.45, 2.75) is 13.0 Å². The molecule has 1 aliphatic heterocycles. The smallest absolute Gasteiger partial charge is 0.358 e. The van der Waals surface area contributed by atoms with Crippen LogP contribution in [0.15, 0.2) is 69.8 Å². The third kappa shape index (κ3) is 2.06. The number of hydrogen-bond acceptors (Lipinski definition) is 4. The Kier molecular flexibility index (Phi) is 3.41. The number of allylic oxidation sites excluding steroid dienone is 1. The molecule has 3 aromatic rings. The van der Waals surface area contributed by atoms with Crippen LogP contribution in [0, 0.1) is 18.3 Å². The number of aromatic nitrogens is 3. The van der Waals surface area contributed by atoms with Gasteiger partial charge in [0.1, 0.15) is 23.5 Å². The fourth-order valence-electron chi connectivity index (χ4n) is 3.25. The third-order valence-electron chi connectivity index (χ3n) is 4.53. The highest BCUT2D eigenvalue weighted by atomic mass is 16.2. The van der Waals surface area contributed by atoms with Gasteiger partial charge in [0.25, 0.3) is 0 Å². The van der Waals surface area contributed by atoms with Crippen molar-refractivity contribution >= 4 is 5.82 Å². The number of aryl methyl sites for hydroxylation is 1. The standard InChI is InChI=1S/C19H15N5O2/c1-12-7-9-13(10-8-12)16-15(11-20)17(21)24-19(26)22(18(25)23(16)24)14-5-3-2-4-6-14/h2-10,16H,21H2,1H3. The monoisotopic (exact) mass is 345 g/mol. The van der Waals surface area contributed by atoms with E-state index in [4.69, 9.17) is 5.73 Å². The van der Waals surface area contributed by atoms with E-state index >= 15 is 0 Å². The van der Waals surface area contributed by atoms with E-state index in [0.29, 0.717) is 11.3 Å². The topological polar surface area (TPSA) is 98.7 Å². The Morgan fingerprint density at radius 2 is 1.65 bits per heavy atom. The number of para-hydroxylation sites is 1. The molecule has 2 aromatic carbocycles. The van der Waals surface area contributed by atoms with Crippen molar-refractivity contribution in [1.82, 2.24) is 13.9 Å². The highest BCUT2D eigenvalue weighted by Gasteiger charge is 2.36. The zero-order valence-corrected chi connectivity index (χ0v) is 14.0. The molecule has 2 N–H and O–H groups in total. The molecule has 1 aromatic heterocycles. The Balaban J connectivity index is 2.03. The summed E-state index contributed by atoms with van der Waals surface area (Å²) in [5.41, 5.74) is 7.33. The van der Waals surface area contributed by atoms with E-state index in [1.54, 1.807) is 30.3 Å². The van der Waals surface area contributed by atoms with E-state index in [1.165, 1.54) is 4.68 Å². The second-order valence-corrected chi connectivity index (χ2v) is 6.12. The molecule has 4 rings (SSSR count). The molecule has 128 valence electrons. The second-order valence-electron chi connectivity index (χ2n) is 6.12. The van der Waals surface area contributed by atoms with Crippen molar-refractivity contribution in [1.29, 1.82) is 5.26 Å². The highest BCUT2D eigenvalue weighted by Crippen LogP contribution is 2.32. The number of hydrogen-bond donors (Lipinski definition) is 1.